The number of nitrogens with two attached hydrogens (primary N) is 1. The summed E-state index contributed by atoms with van der Waals surface area (Å²) in [6.07, 6.45) is 3.76. The van der Waals surface area contributed by atoms with E-state index in [-0.39, 0.29) is 12.2 Å². The Kier molecular flexibility index (Phi) is 4.53. The van der Waals surface area contributed by atoms with Crippen LogP contribution in [0.4, 0.5) is 11.4 Å². The van der Waals surface area contributed by atoms with Gasteiger partial charge >= 0.3 is 0 Å². The SMILES string of the molecule is CC(C)Oc1cc(NC2CCC(O)CC2)ccc1N. The number of hydrogen-bond acceptors (Lipinski definition) is 4. The van der Waals surface area contributed by atoms with Gasteiger partial charge in [-0.1, -0.05) is 0 Å². The lowest BCUT2D eigenvalue weighted by molar-refractivity contribution is 0.126. The molecular weight excluding hydrogens is 240 g/mol. The van der Waals surface area contributed by atoms with Gasteiger partial charge in [-0.05, 0) is 51.7 Å². The third-order valence-electron chi connectivity index (χ3n) is 3.44. The van der Waals surface area contributed by atoms with Crippen molar-refractivity contribution in [3.63, 3.8) is 0 Å². The molecule has 0 aliphatic heterocycles. The fourth-order valence-corrected chi connectivity index (χ4v) is 2.44. The highest BCUT2D eigenvalue weighted by Crippen LogP contribution is 2.28. The van der Waals surface area contributed by atoms with Crippen LogP contribution in [0.1, 0.15) is 39.5 Å². The van der Waals surface area contributed by atoms with E-state index < -0.39 is 0 Å². The van der Waals surface area contributed by atoms with Gasteiger partial charge in [-0.2, -0.15) is 0 Å². The number of benzene rings is 1. The summed E-state index contributed by atoms with van der Waals surface area (Å²) in [4.78, 5) is 0. The minimum atomic E-state index is -0.121. The van der Waals surface area contributed by atoms with Gasteiger partial charge in [-0.15, -0.1) is 0 Å². The third kappa shape index (κ3) is 4.03. The summed E-state index contributed by atoms with van der Waals surface area (Å²) in [6, 6.07) is 6.24. The number of aliphatic hydroxyl groups is 1. The van der Waals surface area contributed by atoms with Gasteiger partial charge in [0, 0.05) is 17.8 Å². The number of nitrogen functional groups attached to an aromatic ring is 1. The average Bonchev–Trinajstić information content (AvgIpc) is 2.36. The number of anilines is 2. The Bertz CT molecular complexity index is 413. The summed E-state index contributed by atoms with van der Waals surface area (Å²) >= 11 is 0. The van der Waals surface area contributed by atoms with Gasteiger partial charge in [0.1, 0.15) is 5.75 Å². The summed E-state index contributed by atoms with van der Waals surface area (Å²) in [7, 11) is 0. The van der Waals surface area contributed by atoms with Crippen LogP contribution in [-0.4, -0.2) is 23.4 Å². The Morgan fingerprint density at radius 2 is 1.95 bits per heavy atom. The number of aliphatic hydroxyl groups excluding tert-OH is 1. The fourth-order valence-electron chi connectivity index (χ4n) is 2.44. The van der Waals surface area contributed by atoms with E-state index in [1.54, 1.807) is 0 Å². The maximum absolute atomic E-state index is 9.51. The van der Waals surface area contributed by atoms with Crippen molar-refractivity contribution in [3.05, 3.63) is 18.2 Å². The zero-order valence-electron chi connectivity index (χ0n) is 11.7. The molecule has 19 heavy (non-hydrogen) atoms. The average molecular weight is 264 g/mol. The number of nitrogens with one attached hydrogen (secondary N) is 1. The van der Waals surface area contributed by atoms with Gasteiger partial charge in [0.15, 0.2) is 0 Å². The Morgan fingerprint density at radius 1 is 1.26 bits per heavy atom. The second-order valence-corrected chi connectivity index (χ2v) is 5.57. The standard InChI is InChI=1S/C15H24N2O2/c1-10(2)19-15-9-12(5-8-14(15)16)17-11-3-6-13(18)7-4-11/h5,8-11,13,17-18H,3-4,6-7,16H2,1-2H3. The first-order valence-electron chi connectivity index (χ1n) is 7.05. The molecule has 0 unspecified atom stereocenters. The van der Waals surface area contributed by atoms with Crippen molar-refractivity contribution in [2.45, 2.75) is 57.8 Å². The second kappa shape index (κ2) is 6.15. The summed E-state index contributed by atoms with van der Waals surface area (Å²) in [5.74, 6) is 0.732. The highest BCUT2D eigenvalue weighted by Gasteiger charge is 2.19. The Hall–Kier alpha value is -1.42. The molecule has 0 heterocycles. The molecule has 0 spiro atoms. The van der Waals surface area contributed by atoms with E-state index in [1.165, 1.54) is 0 Å². The van der Waals surface area contributed by atoms with E-state index >= 15 is 0 Å². The van der Waals surface area contributed by atoms with Gasteiger partial charge < -0.3 is 20.9 Å². The zero-order valence-corrected chi connectivity index (χ0v) is 11.7. The van der Waals surface area contributed by atoms with E-state index in [9.17, 15) is 5.11 Å². The van der Waals surface area contributed by atoms with Crippen LogP contribution in [-0.2, 0) is 0 Å². The molecule has 1 saturated carbocycles. The maximum atomic E-state index is 9.51. The molecule has 1 aliphatic rings. The van der Waals surface area contributed by atoms with Crippen molar-refractivity contribution in [3.8, 4) is 5.75 Å². The normalized spacial score (nSPS) is 23.4. The largest absolute Gasteiger partial charge is 0.489 e. The number of rotatable bonds is 4. The summed E-state index contributed by atoms with van der Waals surface area (Å²) in [5, 5.41) is 13.0. The Balaban J connectivity index is 2.00. The van der Waals surface area contributed by atoms with E-state index in [0.29, 0.717) is 11.7 Å². The molecular formula is C15H24N2O2. The lowest BCUT2D eigenvalue weighted by Crippen LogP contribution is -2.28. The lowest BCUT2D eigenvalue weighted by Gasteiger charge is -2.27. The first-order chi connectivity index (χ1) is 9.04. The molecule has 0 aromatic heterocycles. The molecule has 0 bridgehead atoms. The van der Waals surface area contributed by atoms with Gasteiger partial charge in [-0.25, -0.2) is 0 Å². The van der Waals surface area contributed by atoms with Crippen molar-refractivity contribution in [1.29, 1.82) is 0 Å². The van der Waals surface area contributed by atoms with Crippen LogP contribution >= 0.6 is 0 Å². The number of hydrogen-bond donors (Lipinski definition) is 3. The third-order valence-corrected chi connectivity index (χ3v) is 3.44. The molecule has 2 rings (SSSR count). The van der Waals surface area contributed by atoms with Crippen molar-refractivity contribution in [2.24, 2.45) is 0 Å². The topological polar surface area (TPSA) is 67.5 Å². The molecule has 4 N–H and O–H groups in total. The molecule has 4 heteroatoms. The molecule has 0 amide bonds. The Morgan fingerprint density at radius 3 is 2.58 bits per heavy atom. The van der Waals surface area contributed by atoms with Crippen LogP contribution in [0.5, 0.6) is 5.75 Å². The van der Waals surface area contributed by atoms with Gasteiger partial charge in [0.25, 0.3) is 0 Å². The molecule has 1 fully saturated rings. The van der Waals surface area contributed by atoms with E-state index in [0.717, 1.165) is 37.1 Å². The molecule has 4 nitrogen and oxygen atoms in total. The van der Waals surface area contributed by atoms with Crippen LogP contribution in [0, 0.1) is 0 Å². The predicted octanol–water partition coefficient (Wildman–Crippen LogP) is 2.77. The van der Waals surface area contributed by atoms with Crippen LogP contribution in [0.15, 0.2) is 18.2 Å². The van der Waals surface area contributed by atoms with E-state index in [2.05, 4.69) is 5.32 Å². The Labute approximate surface area is 115 Å². The summed E-state index contributed by atoms with van der Waals surface area (Å²) in [5.41, 5.74) is 7.60. The van der Waals surface area contributed by atoms with Gasteiger partial charge in [0.2, 0.25) is 0 Å². The molecule has 0 saturated heterocycles. The second-order valence-electron chi connectivity index (χ2n) is 5.57. The van der Waals surface area contributed by atoms with Gasteiger partial charge in [-0.3, -0.25) is 0 Å². The van der Waals surface area contributed by atoms with Crippen molar-refractivity contribution < 1.29 is 9.84 Å². The summed E-state index contributed by atoms with van der Waals surface area (Å²) < 4.78 is 5.69. The molecule has 1 aliphatic carbocycles. The molecule has 106 valence electrons. The minimum absolute atomic E-state index is 0.113. The molecule has 1 aromatic carbocycles. The highest BCUT2D eigenvalue weighted by atomic mass is 16.5. The first-order valence-corrected chi connectivity index (χ1v) is 7.05. The van der Waals surface area contributed by atoms with Crippen LogP contribution in [0.3, 0.4) is 0 Å². The van der Waals surface area contributed by atoms with Crippen LogP contribution in [0.25, 0.3) is 0 Å². The van der Waals surface area contributed by atoms with Crippen molar-refractivity contribution in [2.75, 3.05) is 11.1 Å². The molecule has 1 aromatic rings. The van der Waals surface area contributed by atoms with E-state index in [4.69, 9.17) is 10.5 Å². The van der Waals surface area contributed by atoms with E-state index in [1.807, 2.05) is 32.0 Å². The van der Waals surface area contributed by atoms with Crippen LogP contribution in [0.2, 0.25) is 0 Å². The smallest absolute Gasteiger partial charge is 0.144 e. The monoisotopic (exact) mass is 264 g/mol. The first kappa shape index (κ1) is 14.0. The quantitative estimate of drug-likeness (QED) is 0.731. The fraction of sp³-hybridized carbons (Fsp3) is 0.600. The molecule has 0 radical (unpaired) electrons. The highest BCUT2D eigenvalue weighted by molar-refractivity contribution is 5.61. The lowest BCUT2D eigenvalue weighted by atomic mass is 9.93. The molecule has 0 atom stereocenters. The van der Waals surface area contributed by atoms with Crippen LogP contribution < -0.4 is 15.8 Å². The van der Waals surface area contributed by atoms with Gasteiger partial charge in [0.05, 0.1) is 17.9 Å². The van der Waals surface area contributed by atoms with Crippen molar-refractivity contribution in [1.82, 2.24) is 0 Å². The van der Waals surface area contributed by atoms with Crippen molar-refractivity contribution >= 4 is 11.4 Å². The predicted molar refractivity (Wildman–Crippen MR) is 78.5 cm³/mol. The minimum Gasteiger partial charge on any atom is -0.489 e. The number of ether oxygens (including phenoxy) is 1. The summed E-state index contributed by atoms with van der Waals surface area (Å²) in [6.45, 7) is 3.98. The zero-order chi connectivity index (χ0) is 13.8. The maximum Gasteiger partial charge on any atom is 0.144 e.